The van der Waals surface area contributed by atoms with Crippen molar-refractivity contribution >= 4 is 23.4 Å². The maximum atomic E-state index is 12.5. The van der Waals surface area contributed by atoms with Gasteiger partial charge in [0, 0.05) is 23.6 Å². The first-order valence-electron chi connectivity index (χ1n) is 7.20. The summed E-state index contributed by atoms with van der Waals surface area (Å²) in [7, 11) is 0. The molecular formula is C16H23NO2S. The highest BCUT2D eigenvalue weighted by molar-refractivity contribution is 8.00. The molecule has 20 heavy (non-hydrogen) atoms. The molecule has 4 heteroatoms. The van der Waals surface area contributed by atoms with E-state index in [1.54, 1.807) is 11.8 Å². The van der Waals surface area contributed by atoms with Gasteiger partial charge in [0.15, 0.2) is 0 Å². The summed E-state index contributed by atoms with van der Waals surface area (Å²) in [6, 6.07) is 10.1. The number of nitrogens with zero attached hydrogens (tertiary/aromatic N) is 1. The van der Waals surface area contributed by atoms with Gasteiger partial charge in [-0.3, -0.25) is 4.79 Å². The highest BCUT2D eigenvalue weighted by atomic mass is 32.2. The standard InChI is InChI=1S/C16H23NO2S/c1-12(2)17(14-7-5-4-6-8-14)16(18)11-20-15-9-10-19-13(15)3/h4-8,12-13,15H,9-11H2,1-3H3. The van der Waals surface area contributed by atoms with Crippen LogP contribution in [-0.4, -0.2) is 35.7 Å². The summed E-state index contributed by atoms with van der Waals surface area (Å²) in [5.74, 6) is 0.695. The minimum Gasteiger partial charge on any atom is -0.377 e. The van der Waals surface area contributed by atoms with Crippen molar-refractivity contribution in [2.45, 2.75) is 44.6 Å². The Morgan fingerprint density at radius 3 is 2.65 bits per heavy atom. The Morgan fingerprint density at radius 1 is 1.40 bits per heavy atom. The molecule has 1 saturated heterocycles. The van der Waals surface area contributed by atoms with E-state index in [4.69, 9.17) is 4.74 Å². The number of carbonyl (C=O) groups is 1. The molecule has 2 atom stereocenters. The third-order valence-corrected chi connectivity index (χ3v) is 5.01. The van der Waals surface area contributed by atoms with E-state index in [1.165, 1.54) is 0 Å². The van der Waals surface area contributed by atoms with Gasteiger partial charge >= 0.3 is 0 Å². The second-order valence-electron chi connectivity index (χ2n) is 5.41. The molecule has 2 unspecified atom stereocenters. The second-order valence-corrected chi connectivity index (χ2v) is 6.63. The second kappa shape index (κ2) is 7.14. The summed E-state index contributed by atoms with van der Waals surface area (Å²) >= 11 is 1.72. The first-order valence-corrected chi connectivity index (χ1v) is 8.24. The first kappa shape index (κ1) is 15.4. The van der Waals surface area contributed by atoms with Crippen LogP contribution in [0.2, 0.25) is 0 Å². The number of ether oxygens (including phenoxy) is 1. The lowest BCUT2D eigenvalue weighted by Crippen LogP contribution is -2.38. The Labute approximate surface area is 125 Å². The Bertz CT molecular complexity index is 435. The van der Waals surface area contributed by atoms with E-state index in [1.807, 2.05) is 35.2 Å². The van der Waals surface area contributed by atoms with Crippen LogP contribution in [0.15, 0.2) is 30.3 Å². The summed E-state index contributed by atoms with van der Waals surface area (Å²) in [6.07, 6.45) is 1.31. The third kappa shape index (κ3) is 3.76. The third-order valence-electron chi connectivity index (χ3n) is 3.55. The van der Waals surface area contributed by atoms with Crippen molar-refractivity contribution in [2.24, 2.45) is 0 Å². The molecular weight excluding hydrogens is 270 g/mol. The van der Waals surface area contributed by atoms with Gasteiger partial charge < -0.3 is 9.64 Å². The molecule has 3 nitrogen and oxygen atoms in total. The van der Waals surface area contributed by atoms with E-state index in [0.717, 1.165) is 18.7 Å². The molecule has 0 aliphatic carbocycles. The van der Waals surface area contributed by atoms with Gasteiger partial charge in [0.2, 0.25) is 5.91 Å². The van der Waals surface area contributed by atoms with Crippen molar-refractivity contribution in [3.8, 4) is 0 Å². The van der Waals surface area contributed by atoms with Crippen molar-refractivity contribution in [2.75, 3.05) is 17.3 Å². The maximum absolute atomic E-state index is 12.5. The van der Waals surface area contributed by atoms with E-state index in [9.17, 15) is 4.79 Å². The number of anilines is 1. The lowest BCUT2D eigenvalue weighted by atomic mass is 10.2. The van der Waals surface area contributed by atoms with Crippen LogP contribution >= 0.6 is 11.8 Å². The van der Waals surface area contributed by atoms with Crippen LogP contribution in [-0.2, 0) is 9.53 Å². The van der Waals surface area contributed by atoms with Crippen LogP contribution in [0.25, 0.3) is 0 Å². The topological polar surface area (TPSA) is 29.5 Å². The van der Waals surface area contributed by atoms with Crippen LogP contribution in [0.5, 0.6) is 0 Å². The van der Waals surface area contributed by atoms with E-state index in [-0.39, 0.29) is 18.1 Å². The highest BCUT2D eigenvalue weighted by Crippen LogP contribution is 2.27. The van der Waals surface area contributed by atoms with Gasteiger partial charge in [0.25, 0.3) is 0 Å². The highest BCUT2D eigenvalue weighted by Gasteiger charge is 2.27. The van der Waals surface area contributed by atoms with Crippen molar-refractivity contribution in [1.29, 1.82) is 0 Å². The number of rotatable bonds is 5. The molecule has 0 N–H and O–H groups in total. The lowest BCUT2D eigenvalue weighted by Gasteiger charge is -2.27. The van der Waals surface area contributed by atoms with Crippen molar-refractivity contribution in [3.05, 3.63) is 30.3 Å². The van der Waals surface area contributed by atoms with E-state index in [2.05, 4.69) is 20.8 Å². The fraction of sp³-hybridized carbons (Fsp3) is 0.562. The van der Waals surface area contributed by atoms with Crippen LogP contribution in [0.4, 0.5) is 5.69 Å². The Hall–Kier alpha value is -1.00. The van der Waals surface area contributed by atoms with Crippen molar-refractivity contribution in [1.82, 2.24) is 0 Å². The van der Waals surface area contributed by atoms with Gasteiger partial charge in [-0.1, -0.05) is 18.2 Å². The quantitative estimate of drug-likeness (QED) is 0.834. The van der Waals surface area contributed by atoms with Gasteiger partial charge in [-0.15, -0.1) is 11.8 Å². The molecule has 0 bridgehead atoms. The monoisotopic (exact) mass is 293 g/mol. The minimum absolute atomic E-state index is 0.169. The van der Waals surface area contributed by atoms with Crippen LogP contribution in [0, 0.1) is 0 Å². The zero-order valence-electron chi connectivity index (χ0n) is 12.4. The molecule has 2 rings (SSSR count). The largest absolute Gasteiger partial charge is 0.377 e. The van der Waals surface area contributed by atoms with E-state index < -0.39 is 0 Å². The van der Waals surface area contributed by atoms with Crippen LogP contribution < -0.4 is 4.90 Å². The number of thioether (sulfide) groups is 1. The number of amides is 1. The van der Waals surface area contributed by atoms with E-state index >= 15 is 0 Å². The summed E-state index contributed by atoms with van der Waals surface area (Å²) in [4.78, 5) is 14.4. The Kier molecular flexibility index (Phi) is 5.49. The normalized spacial score (nSPS) is 22.2. The maximum Gasteiger partial charge on any atom is 0.237 e. The molecule has 1 fully saturated rings. The summed E-state index contributed by atoms with van der Waals surface area (Å²) in [6.45, 7) is 7.01. The van der Waals surface area contributed by atoms with Gasteiger partial charge in [-0.25, -0.2) is 0 Å². The number of para-hydroxylation sites is 1. The summed E-state index contributed by atoms with van der Waals surface area (Å²) in [5, 5.41) is 0.448. The fourth-order valence-corrected chi connectivity index (χ4v) is 3.61. The first-order chi connectivity index (χ1) is 9.59. The van der Waals surface area contributed by atoms with E-state index in [0.29, 0.717) is 11.0 Å². The molecule has 110 valence electrons. The zero-order valence-corrected chi connectivity index (χ0v) is 13.2. The molecule has 0 radical (unpaired) electrons. The van der Waals surface area contributed by atoms with Crippen LogP contribution in [0.1, 0.15) is 27.2 Å². The average Bonchev–Trinajstić information content (AvgIpc) is 2.83. The molecule has 1 aliphatic heterocycles. The molecule has 1 heterocycles. The van der Waals surface area contributed by atoms with Gasteiger partial charge in [0.05, 0.1) is 11.9 Å². The molecule has 0 saturated carbocycles. The minimum atomic E-state index is 0.169. The summed E-state index contributed by atoms with van der Waals surface area (Å²) < 4.78 is 5.54. The van der Waals surface area contributed by atoms with Gasteiger partial charge in [0.1, 0.15) is 0 Å². The molecule has 1 aromatic carbocycles. The predicted molar refractivity (Wildman–Crippen MR) is 85.3 cm³/mol. The molecule has 1 amide bonds. The molecule has 1 aliphatic rings. The number of hydrogen-bond donors (Lipinski definition) is 0. The van der Waals surface area contributed by atoms with Crippen molar-refractivity contribution in [3.63, 3.8) is 0 Å². The molecule has 1 aromatic rings. The summed E-state index contributed by atoms with van der Waals surface area (Å²) in [5.41, 5.74) is 0.976. The SMILES string of the molecule is CC1OCCC1SCC(=O)N(c1ccccc1)C(C)C. The predicted octanol–water partition coefficient (Wildman–Crippen LogP) is 3.34. The van der Waals surface area contributed by atoms with Crippen LogP contribution in [0.3, 0.4) is 0 Å². The fourth-order valence-electron chi connectivity index (χ4n) is 2.50. The number of carbonyl (C=O) groups excluding carboxylic acids is 1. The number of hydrogen-bond acceptors (Lipinski definition) is 3. The zero-order chi connectivity index (χ0) is 14.5. The Morgan fingerprint density at radius 2 is 2.10 bits per heavy atom. The van der Waals surface area contributed by atoms with Crippen molar-refractivity contribution < 1.29 is 9.53 Å². The lowest BCUT2D eigenvalue weighted by molar-refractivity contribution is -0.116. The molecule has 0 spiro atoms. The Balaban J connectivity index is 1.97. The average molecular weight is 293 g/mol. The molecule has 0 aromatic heterocycles. The number of benzene rings is 1. The smallest absolute Gasteiger partial charge is 0.237 e. The van der Waals surface area contributed by atoms with Gasteiger partial charge in [-0.2, -0.15) is 0 Å². The van der Waals surface area contributed by atoms with Gasteiger partial charge in [-0.05, 0) is 39.3 Å².